The molecule has 1 saturated carbocycles. The molecule has 6 heteroatoms. The highest BCUT2D eigenvalue weighted by Crippen LogP contribution is 2.33. The van der Waals surface area contributed by atoms with Crippen LogP contribution in [0.4, 0.5) is 0 Å². The second-order valence-electron chi connectivity index (χ2n) is 7.09. The third-order valence-corrected chi connectivity index (χ3v) is 5.07. The van der Waals surface area contributed by atoms with Crippen LogP contribution in [-0.4, -0.2) is 54.7 Å². The van der Waals surface area contributed by atoms with Crippen LogP contribution < -0.4 is 10.6 Å². The summed E-state index contributed by atoms with van der Waals surface area (Å²) >= 11 is 0. The van der Waals surface area contributed by atoms with E-state index in [-0.39, 0.29) is 23.6 Å². The van der Waals surface area contributed by atoms with Gasteiger partial charge in [-0.25, -0.2) is 0 Å². The molecule has 0 aliphatic heterocycles. The van der Waals surface area contributed by atoms with Crippen molar-refractivity contribution < 1.29 is 14.4 Å². The number of nitrogens with one attached hydrogen (secondary N) is 2. The van der Waals surface area contributed by atoms with Gasteiger partial charge in [0.05, 0.1) is 12.1 Å². The Bertz CT molecular complexity index is 643. The minimum absolute atomic E-state index is 0.0833. The number of rotatable bonds is 9. The predicted octanol–water partition coefficient (Wildman–Crippen LogP) is 1.15. The molecule has 0 spiro atoms. The van der Waals surface area contributed by atoms with Gasteiger partial charge in [-0.15, -0.1) is 0 Å². The second-order valence-corrected chi connectivity index (χ2v) is 7.09. The number of amides is 2. The van der Waals surface area contributed by atoms with E-state index >= 15 is 0 Å². The Balaban J connectivity index is 1.98. The zero-order chi connectivity index (χ0) is 19.3. The SMILES string of the molecule is CN[C@H](C(=O)N(C)[C@H](C)C(=O)N[C@H](Cc1ccccc1)C(C)=O)C1CC1. The fourth-order valence-corrected chi connectivity index (χ4v) is 3.02. The topological polar surface area (TPSA) is 78.5 Å². The highest BCUT2D eigenvalue weighted by molar-refractivity contribution is 5.93. The fraction of sp³-hybridized carbons (Fsp3) is 0.550. The number of carbonyl (C=O) groups excluding carboxylic acids is 3. The van der Waals surface area contributed by atoms with Gasteiger partial charge in [-0.2, -0.15) is 0 Å². The number of nitrogens with zero attached hydrogens (tertiary/aromatic N) is 1. The van der Waals surface area contributed by atoms with Gasteiger partial charge in [0.1, 0.15) is 6.04 Å². The molecule has 0 unspecified atom stereocenters. The maximum Gasteiger partial charge on any atom is 0.243 e. The molecule has 0 bridgehead atoms. The van der Waals surface area contributed by atoms with Crippen LogP contribution in [0.25, 0.3) is 0 Å². The van der Waals surface area contributed by atoms with E-state index in [1.165, 1.54) is 11.8 Å². The lowest BCUT2D eigenvalue weighted by molar-refractivity contribution is -0.140. The zero-order valence-corrected chi connectivity index (χ0v) is 16.0. The maximum atomic E-state index is 12.6. The predicted molar refractivity (Wildman–Crippen MR) is 101 cm³/mol. The molecule has 1 aliphatic rings. The first-order valence-corrected chi connectivity index (χ1v) is 9.13. The van der Waals surface area contributed by atoms with Crippen molar-refractivity contribution in [3.05, 3.63) is 35.9 Å². The highest BCUT2D eigenvalue weighted by Gasteiger charge is 2.38. The van der Waals surface area contributed by atoms with Crippen molar-refractivity contribution in [2.24, 2.45) is 5.92 Å². The Labute approximate surface area is 155 Å². The highest BCUT2D eigenvalue weighted by atomic mass is 16.2. The zero-order valence-electron chi connectivity index (χ0n) is 16.0. The molecular formula is C20H29N3O3. The van der Waals surface area contributed by atoms with Crippen molar-refractivity contribution in [1.29, 1.82) is 0 Å². The Morgan fingerprint density at radius 1 is 1.19 bits per heavy atom. The van der Waals surface area contributed by atoms with E-state index in [2.05, 4.69) is 10.6 Å². The summed E-state index contributed by atoms with van der Waals surface area (Å²) in [7, 11) is 3.41. The van der Waals surface area contributed by atoms with Crippen molar-refractivity contribution in [3.63, 3.8) is 0 Å². The molecule has 2 N–H and O–H groups in total. The van der Waals surface area contributed by atoms with Gasteiger partial charge in [-0.3, -0.25) is 14.4 Å². The van der Waals surface area contributed by atoms with Crippen LogP contribution in [0.2, 0.25) is 0 Å². The molecular weight excluding hydrogens is 330 g/mol. The van der Waals surface area contributed by atoms with Crippen LogP contribution in [0.3, 0.4) is 0 Å². The van der Waals surface area contributed by atoms with Crippen LogP contribution >= 0.6 is 0 Å². The Hall–Kier alpha value is -2.21. The lowest BCUT2D eigenvalue weighted by Crippen LogP contribution is -2.54. The van der Waals surface area contributed by atoms with Gasteiger partial charge in [-0.05, 0) is 51.6 Å². The third-order valence-electron chi connectivity index (χ3n) is 5.07. The summed E-state index contributed by atoms with van der Waals surface area (Å²) in [6.07, 6.45) is 2.51. The van der Waals surface area contributed by atoms with Crippen LogP contribution in [0.15, 0.2) is 30.3 Å². The summed E-state index contributed by atoms with van der Waals surface area (Å²) < 4.78 is 0. The van der Waals surface area contributed by atoms with Gasteiger partial charge >= 0.3 is 0 Å². The monoisotopic (exact) mass is 359 g/mol. The van der Waals surface area contributed by atoms with E-state index in [1.807, 2.05) is 30.3 Å². The first-order valence-electron chi connectivity index (χ1n) is 9.13. The minimum atomic E-state index is -0.644. The van der Waals surface area contributed by atoms with Crippen LogP contribution in [-0.2, 0) is 20.8 Å². The summed E-state index contributed by atoms with van der Waals surface area (Å²) in [5, 5.41) is 5.85. The Morgan fingerprint density at radius 2 is 1.81 bits per heavy atom. The first-order chi connectivity index (χ1) is 12.3. The summed E-state index contributed by atoms with van der Waals surface area (Å²) in [5.74, 6) is -0.148. The lowest BCUT2D eigenvalue weighted by Gasteiger charge is -2.29. The minimum Gasteiger partial charge on any atom is -0.344 e. The average Bonchev–Trinajstić information content (AvgIpc) is 3.46. The maximum absolute atomic E-state index is 12.6. The Kier molecular flexibility index (Phi) is 6.91. The number of carbonyl (C=O) groups is 3. The molecule has 2 rings (SSSR count). The van der Waals surface area contributed by atoms with Gasteiger partial charge in [0, 0.05) is 7.05 Å². The van der Waals surface area contributed by atoms with Gasteiger partial charge in [-0.1, -0.05) is 30.3 Å². The summed E-state index contributed by atoms with van der Waals surface area (Å²) in [6, 6.07) is 8.07. The van der Waals surface area contributed by atoms with E-state index in [0.29, 0.717) is 12.3 Å². The summed E-state index contributed by atoms with van der Waals surface area (Å²) in [4.78, 5) is 38.7. The van der Waals surface area contributed by atoms with Gasteiger partial charge in [0.25, 0.3) is 0 Å². The van der Waals surface area contributed by atoms with Crippen molar-refractivity contribution in [1.82, 2.24) is 15.5 Å². The van der Waals surface area contributed by atoms with Crippen molar-refractivity contribution >= 4 is 17.6 Å². The second kappa shape index (κ2) is 8.94. The van der Waals surface area contributed by atoms with E-state index < -0.39 is 12.1 Å². The molecule has 6 nitrogen and oxygen atoms in total. The number of benzene rings is 1. The summed E-state index contributed by atoms with van der Waals surface area (Å²) in [5.41, 5.74) is 0.981. The van der Waals surface area contributed by atoms with Crippen LogP contribution in [0, 0.1) is 5.92 Å². The quantitative estimate of drug-likeness (QED) is 0.693. The number of hydrogen-bond donors (Lipinski definition) is 2. The Morgan fingerprint density at radius 3 is 2.31 bits per heavy atom. The molecule has 1 aromatic carbocycles. The van der Waals surface area contributed by atoms with Gasteiger partial charge in [0.15, 0.2) is 5.78 Å². The number of Topliss-reactive ketones (excluding diaryl/α,β-unsaturated/α-hetero) is 1. The fourth-order valence-electron chi connectivity index (χ4n) is 3.02. The normalized spacial score (nSPS) is 17.1. The summed E-state index contributed by atoms with van der Waals surface area (Å²) in [6.45, 7) is 3.16. The van der Waals surface area contributed by atoms with E-state index in [9.17, 15) is 14.4 Å². The molecule has 0 radical (unpaired) electrons. The van der Waals surface area contributed by atoms with Crippen LogP contribution in [0.5, 0.6) is 0 Å². The molecule has 1 aliphatic carbocycles. The van der Waals surface area contributed by atoms with E-state index in [1.54, 1.807) is 21.0 Å². The van der Waals surface area contributed by atoms with Gasteiger partial charge in [0.2, 0.25) is 11.8 Å². The molecule has 26 heavy (non-hydrogen) atoms. The number of hydrogen-bond acceptors (Lipinski definition) is 4. The molecule has 3 atom stereocenters. The average molecular weight is 359 g/mol. The van der Waals surface area contributed by atoms with Crippen LogP contribution in [0.1, 0.15) is 32.3 Å². The smallest absolute Gasteiger partial charge is 0.243 e. The van der Waals surface area contributed by atoms with Crippen molar-refractivity contribution in [2.45, 2.75) is 51.2 Å². The van der Waals surface area contributed by atoms with Crippen molar-refractivity contribution in [2.75, 3.05) is 14.1 Å². The molecule has 0 aromatic heterocycles. The van der Waals surface area contributed by atoms with E-state index in [4.69, 9.17) is 0 Å². The number of likely N-dealkylation sites (N-methyl/N-ethyl adjacent to an activating group) is 2. The largest absolute Gasteiger partial charge is 0.344 e. The molecule has 142 valence electrons. The molecule has 1 fully saturated rings. The molecule has 0 saturated heterocycles. The van der Waals surface area contributed by atoms with Gasteiger partial charge < -0.3 is 15.5 Å². The molecule has 1 aromatic rings. The molecule has 2 amide bonds. The number of ketones is 1. The van der Waals surface area contributed by atoms with Crippen molar-refractivity contribution in [3.8, 4) is 0 Å². The first kappa shape index (κ1) is 20.1. The molecule has 0 heterocycles. The third kappa shape index (κ3) is 5.14. The standard InChI is InChI=1S/C20H29N3O3/c1-13(23(4)20(26)18(21-3)16-10-11-16)19(25)22-17(14(2)24)12-15-8-6-5-7-9-15/h5-9,13,16-18,21H,10-12H2,1-4H3,(H,22,25)/t13-,17-,18+/m1/s1. The van der Waals surface area contributed by atoms with E-state index in [0.717, 1.165) is 18.4 Å². The lowest BCUT2D eigenvalue weighted by atomic mass is 10.0.